The molecule has 0 aromatic rings. The number of rotatable bonds is 14. The summed E-state index contributed by atoms with van der Waals surface area (Å²) < 4.78 is 0. The van der Waals surface area contributed by atoms with Crippen molar-refractivity contribution in [3.05, 3.63) is 0 Å². The number of Topliss-reactive ketones (excluding diaryl/α,β-unsaturated/α-hetero) is 1. The predicted molar refractivity (Wildman–Crippen MR) is 99.2 cm³/mol. The van der Waals surface area contributed by atoms with E-state index in [-0.39, 0.29) is 0 Å². The molecule has 0 spiro atoms. The van der Waals surface area contributed by atoms with Gasteiger partial charge in [-0.3, -0.25) is 0 Å². The van der Waals surface area contributed by atoms with Crippen molar-refractivity contribution in [2.75, 3.05) is 0 Å². The lowest BCUT2D eigenvalue weighted by molar-refractivity contribution is -0.117. The topological polar surface area (TPSA) is 17.1 Å². The molecule has 0 aliphatic rings. The molecule has 0 heterocycles. The van der Waals surface area contributed by atoms with E-state index in [2.05, 4.69) is 34.6 Å². The molecule has 1 nitrogen and oxygen atoms in total. The molecule has 0 aromatic carbocycles. The maximum absolute atomic E-state index is 11.1. The van der Waals surface area contributed by atoms with Gasteiger partial charge in [0, 0.05) is 6.42 Å². The molecule has 0 fully saturated rings. The molecule has 22 heavy (non-hydrogen) atoms. The second kappa shape index (κ2) is 13.1. The van der Waals surface area contributed by atoms with Crippen LogP contribution in [0.15, 0.2) is 0 Å². The van der Waals surface area contributed by atoms with Gasteiger partial charge in [-0.1, -0.05) is 92.4 Å². The highest BCUT2D eigenvalue weighted by atomic mass is 16.1. The van der Waals surface area contributed by atoms with Crippen molar-refractivity contribution in [3.8, 4) is 0 Å². The van der Waals surface area contributed by atoms with E-state index >= 15 is 0 Å². The van der Waals surface area contributed by atoms with Crippen LogP contribution in [0.25, 0.3) is 0 Å². The van der Waals surface area contributed by atoms with Gasteiger partial charge in [-0.2, -0.15) is 0 Å². The first kappa shape index (κ1) is 21.7. The molecule has 0 aliphatic carbocycles. The molecule has 1 heteroatoms. The number of ketones is 1. The van der Waals surface area contributed by atoms with Gasteiger partial charge in [0.15, 0.2) is 0 Å². The molecule has 132 valence electrons. The fraction of sp³-hybridized carbons (Fsp3) is 0.952. The van der Waals surface area contributed by atoms with Gasteiger partial charge in [-0.15, -0.1) is 0 Å². The minimum Gasteiger partial charge on any atom is -0.300 e. The van der Waals surface area contributed by atoms with Crippen LogP contribution in [0.4, 0.5) is 0 Å². The van der Waals surface area contributed by atoms with E-state index in [9.17, 15) is 4.79 Å². The molecular formula is C21H42O. The van der Waals surface area contributed by atoms with Crippen molar-refractivity contribution in [2.24, 2.45) is 23.7 Å². The van der Waals surface area contributed by atoms with Crippen LogP contribution in [0, 0.1) is 23.7 Å². The third-order valence-corrected chi connectivity index (χ3v) is 4.90. The van der Waals surface area contributed by atoms with Gasteiger partial charge >= 0.3 is 0 Å². The lowest BCUT2D eigenvalue weighted by Gasteiger charge is -2.16. The van der Waals surface area contributed by atoms with Crippen molar-refractivity contribution in [2.45, 2.75) is 106 Å². The third kappa shape index (κ3) is 14.6. The smallest absolute Gasteiger partial charge is 0.130 e. The monoisotopic (exact) mass is 310 g/mol. The zero-order valence-electron chi connectivity index (χ0n) is 16.3. The molecule has 0 saturated heterocycles. The van der Waals surface area contributed by atoms with E-state index < -0.39 is 0 Å². The Morgan fingerprint density at radius 3 is 1.36 bits per heavy atom. The Kier molecular flexibility index (Phi) is 12.9. The molecule has 0 rings (SSSR count). The summed E-state index contributed by atoms with van der Waals surface area (Å²) in [6, 6.07) is 0. The molecule has 0 bridgehead atoms. The highest BCUT2D eigenvalue weighted by Gasteiger charge is 2.09. The molecule has 0 aromatic heterocycles. The number of hydrogen-bond donors (Lipinski definition) is 0. The molecule has 0 saturated carbocycles. The van der Waals surface area contributed by atoms with Gasteiger partial charge in [-0.05, 0) is 30.6 Å². The van der Waals surface area contributed by atoms with Crippen LogP contribution in [0.2, 0.25) is 0 Å². The standard InChI is InChI=1S/C21H42O/c1-17(2)10-7-11-18(3)12-8-13-19(4)14-9-15-20(5)16-21(6)22/h17-20H,7-16H2,1-6H3/t18-,19-,20-/m1/s1. The second-order valence-corrected chi connectivity index (χ2v) is 8.41. The average molecular weight is 311 g/mol. The number of hydrogen-bond acceptors (Lipinski definition) is 1. The lowest BCUT2D eigenvalue weighted by atomic mass is 9.90. The zero-order valence-corrected chi connectivity index (χ0v) is 16.3. The Bertz CT molecular complexity index is 269. The van der Waals surface area contributed by atoms with E-state index in [0.29, 0.717) is 11.7 Å². The predicted octanol–water partition coefficient (Wildman–Crippen LogP) is 7.04. The van der Waals surface area contributed by atoms with Gasteiger partial charge in [0.25, 0.3) is 0 Å². The van der Waals surface area contributed by atoms with Crippen LogP contribution in [0.3, 0.4) is 0 Å². The molecule has 0 amide bonds. The largest absolute Gasteiger partial charge is 0.300 e. The summed E-state index contributed by atoms with van der Waals surface area (Å²) >= 11 is 0. The Hall–Kier alpha value is -0.330. The minimum absolute atomic E-state index is 0.340. The van der Waals surface area contributed by atoms with Gasteiger partial charge in [0.2, 0.25) is 0 Å². The summed E-state index contributed by atoms with van der Waals surface area (Å²) in [4.78, 5) is 11.1. The van der Waals surface area contributed by atoms with Gasteiger partial charge in [0.05, 0.1) is 0 Å². The summed E-state index contributed by atoms with van der Waals surface area (Å²) in [5.41, 5.74) is 0. The zero-order chi connectivity index (χ0) is 17.0. The molecule has 0 aliphatic heterocycles. The van der Waals surface area contributed by atoms with Crippen molar-refractivity contribution >= 4 is 5.78 Å². The summed E-state index contributed by atoms with van der Waals surface area (Å²) in [7, 11) is 0. The SMILES string of the molecule is CC(=O)C[C@H](C)CCC[C@H](C)CCC[C@H](C)CCCC(C)C. The lowest BCUT2D eigenvalue weighted by Crippen LogP contribution is -2.03. The van der Waals surface area contributed by atoms with E-state index in [1.165, 1.54) is 57.8 Å². The summed E-state index contributed by atoms with van der Waals surface area (Å²) in [6.07, 6.45) is 13.0. The van der Waals surface area contributed by atoms with Crippen LogP contribution in [0.1, 0.15) is 106 Å². The van der Waals surface area contributed by atoms with Crippen molar-refractivity contribution in [1.29, 1.82) is 0 Å². The van der Waals surface area contributed by atoms with Gasteiger partial charge in [-0.25, -0.2) is 0 Å². The van der Waals surface area contributed by atoms with E-state index in [4.69, 9.17) is 0 Å². The highest BCUT2D eigenvalue weighted by Crippen LogP contribution is 2.22. The van der Waals surface area contributed by atoms with Gasteiger partial charge in [0.1, 0.15) is 5.78 Å². The summed E-state index contributed by atoms with van der Waals surface area (Å²) in [6.45, 7) is 13.4. The molecule has 0 unspecified atom stereocenters. The minimum atomic E-state index is 0.340. The van der Waals surface area contributed by atoms with Crippen LogP contribution < -0.4 is 0 Å². The molecule has 0 radical (unpaired) electrons. The van der Waals surface area contributed by atoms with Crippen molar-refractivity contribution in [3.63, 3.8) is 0 Å². The first-order valence-electron chi connectivity index (χ1n) is 9.80. The van der Waals surface area contributed by atoms with Crippen LogP contribution >= 0.6 is 0 Å². The first-order chi connectivity index (χ1) is 10.3. The summed E-state index contributed by atoms with van der Waals surface area (Å²) in [5, 5.41) is 0. The number of carbonyl (C=O) groups excluding carboxylic acids is 1. The van der Waals surface area contributed by atoms with Crippen molar-refractivity contribution < 1.29 is 4.79 Å². The molecule has 3 atom stereocenters. The first-order valence-corrected chi connectivity index (χ1v) is 9.80. The van der Waals surface area contributed by atoms with Gasteiger partial charge < -0.3 is 4.79 Å². The van der Waals surface area contributed by atoms with E-state index in [1.807, 2.05) is 0 Å². The quantitative estimate of drug-likeness (QED) is 0.336. The average Bonchev–Trinajstić information content (AvgIpc) is 2.37. The fourth-order valence-corrected chi connectivity index (χ4v) is 3.39. The molecule has 0 N–H and O–H groups in total. The normalized spacial score (nSPS) is 15.8. The maximum Gasteiger partial charge on any atom is 0.130 e. The maximum atomic E-state index is 11.1. The second-order valence-electron chi connectivity index (χ2n) is 8.41. The Balaban J connectivity index is 3.52. The van der Waals surface area contributed by atoms with Crippen molar-refractivity contribution in [1.82, 2.24) is 0 Å². The van der Waals surface area contributed by atoms with Crippen LogP contribution in [-0.4, -0.2) is 5.78 Å². The third-order valence-electron chi connectivity index (χ3n) is 4.90. The molecular weight excluding hydrogens is 268 g/mol. The van der Waals surface area contributed by atoms with E-state index in [0.717, 1.165) is 24.2 Å². The number of carbonyl (C=O) groups is 1. The van der Waals surface area contributed by atoms with E-state index in [1.54, 1.807) is 6.92 Å². The highest BCUT2D eigenvalue weighted by molar-refractivity contribution is 5.75. The Morgan fingerprint density at radius 2 is 1.00 bits per heavy atom. The Labute approximate surface area is 140 Å². The van der Waals surface area contributed by atoms with Crippen LogP contribution in [0.5, 0.6) is 0 Å². The summed E-state index contributed by atoms with van der Waals surface area (Å²) in [5.74, 6) is 3.53. The fourth-order valence-electron chi connectivity index (χ4n) is 3.39. The Morgan fingerprint density at radius 1 is 0.636 bits per heavy atom. The van der Waals surface area contributed by atoms with Crippen LogP contribution in [-0.2, 0) is 4.79 Å².